The minimum absolute atomic E-state index is 0.0671. The molecule has 3 rings (SSSR count). The van der Waals surface area contributed by atoms with E-state index in [0.29, 0.717) is 30.1 Å². The highest BCUT2D eigenvalue weighted by molar-refractivity contribution is 7.91. The molecule has 1 aromatic rings. The highest BCUT2D eigenvalue weighted by Crippen LogP contribution is 2.30. The molecule has 0 saturated carbocycles. The summed E-state index contributed by atoms with van der Waals surface area (Å²) >= 11 is 1.22. The lowest BCUT2D eigenvalue weighted by Crippen LogP contribution is -2.52. The molecule has 6 nitrogen and oxygen atoms in total. The van der Waals surface area contributed by atoms with Crippen LogP contribution in [0, 0.1) is 0 Å². The van der Waals surface area contributed by atoms with Crippen molar-refractivity contribution in [2.45, 2.75) is 22.8 Å². The molecule has 0 radical (unpaired) electrons. The average Bonchev–Trinajstić information content (AvgIpc) is 3.01. The molecule has 0 aromatic carbocycles. The van der Waals surface area contributed by atoms with Crippen LogP contribution in [0.25, 0.3) is 0 Å². The molecule has 0 aliphatic carbocycles. The summed E-state index contributed by atoms with van der Waals surface area (Å²) in [4.78, 5) is 11.2. The Bertz CT molecular complexity index is 574. The number of nitrogens with one attached hydrogen (secondary N) is 1. The lowest BCUT2D eigenvalue weighted by molar-refractivity contribution is -0.119. The zero-order valence-electron chi connectivity index (χ0n) is 10.2. The van der Waals surface area contributed by atoms with Crippen molar-refractivity contribution < 1.29 is 17.9 Å². The van der Waals surface area contributed by atoms with Crippen molar-refractivity contribution >= 4 is 27.3 Å². The number of hydrogen-bond donors (Lipinski definition) is 1. The van der Waals surface area contributed by atoms with Crippen LogP contribution in [-0.4, -0.2) is 44.1 Å². The third-order valence-electron chi connectivity index (χ3n) is 3.47. The van der Waals surface area contributed by atoms with Crippen molar-refractivity contribution in [3.8, 4) is 0 Å². The fourth-order valence-electron chi connectivity index (χ4n) is 2.42. The van der Waals surface area contributed by atoms with Gasteiger partial charge in [-0.25, -0.2) is 8.42 Å². The Balaban J connectivity index is 1.72. The van der Waals surface area contributed by atoms with Crippen molar-refractivity contribution in [1.82, 2.24) is 9.62 Å². The Morgan fingerprint density at radius 1 is 1.37 bits per heavy atom. The van der Waals surface area contributed by atoms with Crippen LogP contribution in [0.3, 0.4) is 0 Å². The molecule has 1 amide bonds. The number of piperidine rings is 1. The van der Waals surface area contributed by atoms with Gasteiger partial charge in [-0.05, 0) is 11.4 Å². The second-order valence-corrected chi connectivity index (χ2v) is 7.78. The van der Waals surface area contributed by atoms with Crippen LogP contribution in [0.4, 0.5) is 0 Å². The van der Waals surface area contributed by atoms with Gasteiger partial charge in [0.15, 0.2) is 0 Å². The molecule has 0 atom stereocenters. The molecule has 2 aliphatic heterocycles. The fraction of sp³-hybridized carbons (Fsp3) is 0.545. The first kappa shape index (κ1) is 13.0. The molecule has 2 aliphatic rings. The van der Waals surface area contributed by atoms with E-state index in [1.165, 1.54) is 15.6 Å². The first-order chi connectivity index (χ1) is 9.02. The van der Waals surface area contributed by atoms with Gasteiger partial charge in [0.05, 0.1) is 0 Å². The summed E-state index contributed by atoms with van der Waals surface area (Å²) in [5, 5.41) is 4.54. The van der Waals surface area contributed by atoms with E-state index in [2.05, 4.69) is 5.32 Å². The van der Waals surface area contributed by atoms with Gasteiger partial charge in [0.25, 0.3) is 10.0 Å². The molecule has 2 saturated heterocycles. The summed E-state index contributed by atoms with van der Waals surface area (Å²) < 4.78 is 31.9. The van der Waals surface area contributed by atoms with E-state index in [-0.39, 0.29) is 12.5 Å². The monoisotopic (exact) mass is 302 g/mol. The molecule has 1 aromatic heterocycles. The van der Waals surface area contributed by atoms with Crippen LogP contribution in [0.1, 0.15) is 12.8 Å². The molecule has 0 unspecified atom stereocenters. The van der Waals surface area contributed by atoms with Crippen LogP contribution < -0.4 is 5.32 Å². The second-order valence-electron chi connectivity index (χ2n) is 4.67. The zero-order valence-corrected chi connectivity index (χ0v) is 11.8. The first-order valence-corrected chi connectivity index (χ1v) is 8.32. The Kier molecular flexibility index (Phi) is 3.12. The maximum absolute atomic E-state index is 12.3. The highest BCUT2D eigenvalue weighted by Gasteiger charge is 2.44. The van der Waals surface area contributed by atoms with Crippen LogP contribution in [-0.2, 0) is 19.6 Å². The van der Waals surface area contributed by atoms with E-state index in [4.69, 9.17) is 4.74 Å². The van der Waals surface area contributed by atoms with Gasteiger partial charge in [-0.3, -0.25) is 4.79 Å². The van der Waals surface area contributed by atoms with E-state index >= 15 is 0 Å². The molecule has 0 bridgehead atoms. The van der Waals surface area contributed by atoms with E-state index in [1.807, 2.05) is 0 Å². The molecule has 8 heteroatoms. The van der Waals surface area contributed by atoms with Crippen molar-refractivity contribution in [2.24, 2.45) is 0 Å². The predicted molar refractivity (Wildman–Crippen MR) is 69.1 cm³/mol. The molecule has 19 heavy (non-hydrogen) atoms. The SMILES string of the molecule is O=C1COC2(CCN(S(=O)(=O)c3cccs3)CC2)N1. The zero-order chi connectivity index (χ0) is 13.5. The summed E-state index contributed by atoms with van der Waals surface area (Å²) in [5.41, 5.74) is -0.654. The van der Waals surface area contributed by atoms with Crippen LogP contribution >= 0.6 is 11.3 Å². The number of hydrogen-bond acceptors (Lipinski definition) is 5. The molecular formula is C11H14N2O4S2. The predicted octanol–water partition coefficient (Wildman–Crippen LogP) is 0.375. The normalized spacial score (nSPS) is 23.7. The number of carbonyl (C=O) groups excluding carboxylic acids is 1. The standard InChI is InChI=1S/C11H14N2O4S2/c14-9-8-17-11(12-9)3-5-13(6-4-11)19(15,16)10-2-1-7-18-10/h1-2,7H,3-6,8H2,(H,12,14). The lowest BCUT2D eigenvalue weighted by atomic mass is 10.0. The van der Waals surface area contributed by atoms with E-state index in [0.717, 1.165) is 0 Å². The Hall–Kier alpha value is -0.960. The summed E-state index contributed by atoms with van der Waals surface area (Å²) in [5.74, 6) is -0.130. The topological polar surface area (TPSA) is 75.7 Å². The Morgan fingerprint density at radius 3 is 2.63 bits per heavy atom. The largest absolute Gasteiger partial charge is 0.346 e. The van der Waals surface area contributed by atoms with Gasteiger partial charge in [-0.2, -0.15) is 4.31 Å². The number of rotatable bonds is 2. The molecule has 104 valence electrons. The number of thiophene rings is 1. The van der Waals surface area contributed by atoms with E-state index < -0.39 is 15.7 Å². The van der Waals surface area contributed by atoms with Crippen LogP contribution in [0.5, 0.6) is 0 Å². The Morgan fingerprint density at radius 2 is 2.11 bits per heavy atom. The Labute approximate surface area is 115 Å². The van der Waals surface area contributed by atoms with Gasteiger partial charge in [-0.15, -0.1) is 11.3 Å². The van der Waals surface area contributed by atoms with Crippen molar-refractivity contribution in [2.75, 3.05) is 19.7 Å². The minimum atomic E-state index is -3.39. The smallest absolute Gasteiger partial charge is 0.252 e. The van der Waals surface area contributed by atoms with Gasteiger partial charge in [0.1, 0.15) is 16.5 Å². The van der Waals surface area contributed by atoms with Crippen molar-refractivity contribution in [3.63, 3.8) is 0 Å². The number of nitrogens with zero attached hydrogens (tertiary/aromatic N) is 1. The summed E-state index contributed by atoms with van der Waals surface area (Å²) in [6, 6.07) is 3.33. The molecule has 3 heterocycles. The van der Waals surface area contributed by atoms with Gasteiger partial charge < -0.3 is 10.1 Å². The first-order valence-electron chi connectivity index (χ1n) is 6.01. The second kappa shape index (κ2) is 4.55. The van der Waals surface area contributed by atoms with Crippen LogP contribution in [0.2, 0.25) is 0 Å². The third-order valence-corrected chi connectivity index (χ3v) is 6.74. The van der Waals surface area contributed by atoms with Gasteiger partial charge in [0, 0.05) is 25.9 Å². The molecular weight excluding hydrogens is 288 g/mol. The maximum atomic E-state index is 12.3. The quantitative estimate of drug-likeness (QED) is 0.857. The van der Waals surface area contributed by atoms with Crippen molar-refractivity contribution in [3.05, 3.63) is 17.5 Å². The number of sulfonamides is 1. The molecule has 2 fully saturated rings. The summed E-state index contributed by atoms with van der Waals surface area (Å²) in [6.45, 7) is 0.790. The van der Waals surface area contributed by atoms with Gasteiger partial charge in [0.2, 0.25) is 5.91 Å². The van der Waals surface area contributed by atoms with E-state index in [1.54, 1.807) is 17.5 Å². The molecule has 1 N–H and O–H groups in total. The lowest BCUT2D eigenvalue weighted by Gasteiger charge is -2.37. The minimum Gasteiger partial charge on any atom is -0.346 e. The maximum Gasteiger partial charge on any atom is 0.252 e. The highest BCUT2D eigenvalue weighted by atomic mass is 32.2. The summed E-state index contributed by atoms with van der Waals surface area (Å²) in [7, 11) is -3.39. The van der Waals surface area contributed by atoms with E-state index in [9.17, 15) is 13.2 Å². The summed E-state index contributed by atoms with van der Waals surface area (Å²) in [6.07, 6.45) is 0.979. The number of ether oxygens (including phenoxy) is 1. The number of amides is 1. The number of carbonyl (C=O) groups is 1. The third kappa shape index (κ3) is 2.29. The van der Waals surface area contributed by atoms with Crippen molar-refractivity contribution in [1.29, 1.82) is 0 Å². The van der Waals surface area contributed by atoms with Gasteiger partial charge in [-0.1, -0.05) is 6.07 Å². The fourth-order valence-corrected chi connectivity index (χ4v) is 5.01. The van der Waals surface area contributed by atoms with Crippen LogP contribution in [0.15, 0.2) is 21.7 Å². The average molecular weight is 302 g/mol. The molecule has 1 spiro atoms. The van der Waals surface area contributed by atoms with Gasteiger partial charge >= 0.3 is 0 Å².